The minimum absolute atomic E-state index is 0.609. The van der Waals surface area contributed by atoms with Crippen LogP contribution >= 0.6 is 0 Å². The van der Waals surface area contributed by atoms with Crippen LogP contribution < -0.4 is 0 Å². The van der Waals surface area contributed by atoms with E-state index in [0.29, 0.717) is 0 Å². The molecule has 0 unspecified atom stereocenters. The number of β-amino-alcohol motifs (C(OH)–C–C–N with tert-alkyl or cyclic N) is 1. The van der Waals surface area contributed by atoms with Gasteiger partial charge in [0.05, 0.1) is 11.3 Å². The fourth-order valence-corrected chi connectivity index (χ4v) is 2.58. The fourth-order valence-electron chi connectivity index (χ4n) is 2.58. The Balaban J connectivity index is 1.82. The van der Waals surface area contributed by atoms with Crippen LogP contribution in [0.5, 0.6) is 0 Å². The highest BCUT2D eigenvalue weighted by Crippen LogP contribution is 2.14. The zero-order valence-electron chi connectivity index (χ0n) is 12.4. The van der Waals surface area contributed by atoms with Crippen LogP contribution in [-0.4, -0.2) is 58.2 Å². The van der Waals surface area contributed by atoms with Gasteiger partial charge in [-0.15, -0.1) is 0 Å². The zero-order valence-corrected chi connectivity index (χ0v) is 12.4. The van der Waals surface area contributed by atoms with Gasteiger partial charge in [-0.2, -0.15) is 0 Å². The van der Waals surface area contributed by atoms with E-state index in [0.717, 1.165) is 56.6 Å². The summed E-state index contributed by atoms with van der Waals surface area (Å²) in [6.07, 6.45) is 0. The van der Waals surface area contributed by atoms with Crippen LogP contribution in [0.15, 0.2) is 4.42 Å². The van der Waals surface area contributed by atoms with Crippen molar-refractivity contribution in [1.82, 2.24) is 14.8 Å². The number of aliphatic hydroxyl groups is 1. The number of aryl methyl sites for hydroxylation is 2. The van der Waals surface area contributed by atoms with Gasteiger partial charge in [0.15, 0.2) is 5.89 Å². The van der Waals surface area contributed by atoms with Crippen molar-refractivity contribution in [3.05, 3.63) is 17.3 Å². The van der Waals surface area contributed by atoms with Crippen molar-refractivity contribution in [2.24, 2.45) is 0 Å². The van der Waals surface area contributed by atoms with Crippen molar-refractivity contribution in [3.63, 3.8) is 0 Å². The van der Waals surface area contributed by atoms with Crippen LogP contribution in [0.25, 0.3) is 0 Å². The molecule has 0 bridgehead atoms. The Kier molecular flexibility index (Phi) is 4.28. The van der Waals surface area contributed by atoms with Crippen molar-refractivity contribution in [1.29, 1.82) is 0 Å². The second-order valence-corrected chi connectivity index (χ2v) is 6.10. The monoisotopic (exact) mass is 267 g/mol. The second-order valence-electron chi connectivity index (χ2n) is 6.10. The van der Waals surface area contributed by atoms with Crippen LogP contribution in [0.2, 0.25) is 0 Å². The first-order valence-electron chi connectivity index (χ1n) is 6.93. The minimum atomic E-state index is -0.609. The molecule has 1 aliphatic heterocycles. The Hall–Kier alpha value is -0.910. The van der Waals surface area contributed by atoms with Gasteiger partial charge < -0.3 is 9.52 Å². The summed E-state index contributed by atoms with van der Waals surface area (Å²) >= 11 is 0. The topological polar surface area (TPSA) is 52.7 Å². The molecule has 1 aromatic rings. The van der Waals surface area contributed by atoms with Gasteiger partial charge in [0, 0.05) is 46.2 Å². The number of oxazole rings is 1. The molecule has 5 nitrogen and oxygen atoms in total. The van der Waals surface area contributed by atoms with Gasteiger partial charge in [0.2, 0.25) is 0 Å². The third-order valence-corrected chi connectivity index (χ3v) is 3.45. The number of aromatic nitrogens is 1. The summed E-state index contributed by atoms with van der Waals surface area (Å²) in [6.45, 7) is 13.2. The van der Waals surface area contributed by atoms with Crippen molar-refractivity contribution in [2.45, 2.75) is 39.8 Å². The maximum atomic E-state index is 9.83. The van der Waals surface area contributed by atoms with Crippen LogP contribution in [0, 0.1) is 13.8 Å². The predicted molar refractivity (Wildman–Crippen MR) is 74.0 cm³/mol. The molecule has 1 fully saturated rings. The molecule has 0 radical (unpaired) electrons. The van der Waals surface area contributed by atoms with Crippen molar-refractivity contribution in [3.8, 4) is 0 Å². The molecule has 0 spiro atoms. The predicted octanol–water partition coefficient (Wildman–Crippen LogP) is 1.18. The van der Waals surface area contributed by atoms with Gasteiger partial charge in [-0.05, 0) is 20.8 Å². The molecule has 1 aliphatic rings. The lowest BCUT2D eigenvalue weighted by molar-refractivity contribution is 0.0165. The Bertz CT molecular complexity index is 415. The van der Waals surface area contributed by atoms with Crippen LogP contribution in [0.3, 0.4) is 0 Å². The normalized spacial score (nSPS) is 19.0. The van der Waals surface area contributed by atoms with E-state index in [1.54, 1.807) is 0 Å². The highest BCUT2D eigenvalue weighted by Gasteiger charge is 2.23. The summed E-state index contributed by atoms with van der Waals surface area (Å²) in [5.41, 5.74) is 0.440. The quantitative estimate of drug-likeness (QED) is 0.888. The number of hydrogen-bond acceptors (Lipinski definition) is 5. The SMILES string of the molecule is Cc1nc(CN2CCN(CC(C)(C)O)CC2)c(C)o1. The lowest BCUT2D eigenvalue weighted by atomic mass is 10.1. The number of nitrogens with zero attached hydrogens (tertiary/aromatic N) is 3. The summed E-state index contributed by atoms with van der Waals surface area (Å²) in [6, 6.07) is 0. The first-order valence-corrected chi connectivity index (χ1v) is 6.93. The summed E-state index contributed by atoms with van der Waals surface area (Å²) in [4.78, 5) is 9.13. The van der Waals surface area contributed by atoms with E-state index in [9.17, 15) is 5.11 Å². The molecule has 0 saturated carbocycles. The Morgan fingerprint density at radius 1 is 1.16 bits per heavy atom. The first kappa shape index (κ1) is 14.5. The smallest absolute Gasteiger partial charge is 0.191 e. The van der Waals surface area contributed by atoms with Crippen LogP contribution in [-0.2, 0) is 6.54 Å². The lowest BCUT2D eigenvalue weighted by Crippen LogP contribution is -2.50. The van der Waals surface area contributed by atoms with Gasteiger partial charge in [0.1, 0.15) is 5.76 Å². The summed E-state index contributed by atoms with van der Waals surface area (Å²) in [5, 5.41) is 9.83. The Morgan fingerprint density at radius 3 is 2.21 bits per heavy atom. The maximum Gasteiger partial charge on any atom is 0.191 e. The molecule has 1 saturated heterocycles. The molecule has 0 aromatic carbocycles. The summed E-state index contributed by atoms with van der Waals surface area (Å²) in [5.74, 6) is 1.67. The molecule has 1 N–H and O–H groups in total. The maximum absolute atomic E-state index is 9.83. The third-order valence-electron chi connectivity index (χ3n) is 3.45. The van der Waals surface area contributed by atoms with E-state index in [1.807, 2.05) is 27.7 Å². The van der Waals surface area contributed by atoms with Crippen molar-refractivity contribution < 1.29 is 9.52 Å². The number of rotatable bonds is 4. The van der Waals surface area contributed by atoms with E-state index in [4.69, 9.17) is 4.42 Å². The van der Waals surface area contributed by atoms with Gasteiger partial charge in [-0.1, -0.05) is 0 Å². The van der Waals surface area contributed by atoms with Crippen LogP contribution in [0.4, 0.5) is 0 Å². The molecular weight excluding hydrogens is 242 g/mol. The zero-order chi connectivity index (χ0) is 14.0. The lowest BCUT2D eigenvalue weighted by Gasteiger charge is -2.37. The fraction of sp³-hybridized carbons (Fsp3) is 0.786. The standard InChI is InChI=1S/C14H25N3O2/c1-11-13(15-12(2)19-11)9-16-5-7-17(8-6-16)10-14(3,4)18/h18H,5-10H2,1-4H3. The average molecular weight is 267 g/mol. The largest absolute Gasteiger partial charge is 0.446 e. The molecule has 1 aromatic heterocycles. The molecule has 2 rings (SSSR count). The number of hydrogen-bond donors (Lipinski definition) is 1. The van der Waals surface area contributed by atoms with E-state index >= 15 is 0 Å². The third kappa shape index (κ3) is 4.30. The highest BCUT2D eigenvalue weighted by molar-refractivity contribution is 5.07. The Morgan fingerprint density at radius 2 is 1.74 bits per heavy atom. The molecule has 0 aliphatic carbocycles. The second kappa shape index (κ2) is 5.61. The molecule has 0 atom stereocenters. The van der Waals surface area contributed by atoms with Gasteiger partial charge in [0.25, 0.3) is 0 Å². The van der Waals surface area contributed by atoms with Gasteiger partial charge >= 0.3 is 0 Å². The van der Waals surface area contributed by atoms with E-state index < -0.39 is 5.60 Å². The average Bonchev–Trinajstić information content (AvgIpc) is 2.58. The van der Waals surface area contributed by atoms with E-state index in [-0.39, 0.29) is 0 Å². The van der Waals surface area contributed by atoms with Gasteiger partial charge in [-0.3, -0.25) is 9.80 Å². The highest BCUT2D eigenvalue weighted by atomic mass is 16.4. The number of piperazine rings is 1. The summed E-state index contributed by atoms with van der Waals surface area (Å²) < 4.78 is 5.46. The molecule has 108 valence electrons. The first-order chi connectivity index (χ1) is 8.83. The van der Waals surface area contributed by atoms with Crippen molar-refractivity contribution >= 4 is 0 Å². The molecule has 0 amide bonds. The Labute approximate surface area is 115 Å². The van der Waals surface area contributed by atoms with Crippen LogP contribution in [0.1, 0.15) is 31.2 Å². The molecule has 2 heterocycles. The summed E-state index contributed by atoms with van der Waals surface area (Å²) in [7, 11) is 0. The molecule has 5 heteroatoms. The van der Waals surface area contributed by atoms with E-state index in [1.165, 1.54) is 0 Å². The molecule has 19 heavy (non-hydrogen) atoms. The van der Waals surface area contributed by atoms with Crippen molar-refractivity contribution in [2.75, 3.05) is 32.7 Å². The minimum Gasteiger partial charge on any atom is -0.446 e. The van der Waals surface area contributed by atoms with Gasteiger partial charge in [-0.25, -0.2) is 4.98 Å². The van der Waals surface area contributed by atoms with E-state index in [2.05, 4.69) is 14.8 Å². The molecular formula is C14H25N3O2.